The predicted molar refractivity (Wildman–Crippen MR) is 131 cm³/mol. The molecule has 0 spiro atoms. The molecule has 35 heavy (non-hydrogen) atoms. The van der Waals surface area contributed by atoms with Crippen molar-refractivity contribution in [1.29, 1.82) is 0 Å². The number of nitrogens with one attached hydrogen (secondary N) is 1. The maximum absolute atomic E-state index is 15.1. The Bertz CT molecular complexity index is 1310. The zero-order chi connectivity index (χ0) is 24.9. The number of hydrogen-bond donors (Lipinski definition) is 2. The molecule has 2 aliphatic carbocycles. The normalized spacial score (nSPS) is 20.3. The topological polar surface area (TPSA) is 75.6 Å². The Morgan fingerprint density at radius 1 is 1.06 bits per heavy atom. The van der Waals surface area contributed by atoms with E-state index >= 15 is 4.39 Å². The second kappa shape index (κ2) is 8.84. The third-order valence-electron chi connectivity index (χ3n) is 7.27. The first-order chi connectivity index (χ1) is 16.8. The van der Waals surface area contributed by atoms with Gasteiger partial charge in [0.05, 0.1) is 5.92 Å². The van der Waals surface area contributed by atoms with E-state index in [1.54, 1.807) is 7.05 Å². The smallest absolute Gasteiger partial charge is 0.307 e. The number of aryl methyl sites for hydroxylation is 2. The maximum atomic E-state index is 15.1. The summed E-state index contributed by atoms with van der Waals surface area (Å²) in [6.45, 7) is 3.95. The minimum absolute atomic E-state index is 0.0648. The zero-order valence-corrected chi connectivity index (χ0v) is 20.0. The number of fused-ring (bicyclic) bond motifs is 1. The minimum Gasteiger partial charge on any atom is -0.486 e. The fourth-order valence-electron chi connectivity index (χ4n) is 5.48. The highest BCUT2D eigenvalue weighted by atomic mass is 19.1. The van der Waals surface area contributed by atoms with E-state index in [2.05, 4.69) is 5.32 Å². The van der Waals surface area contributed by atoms with Crippen molar-refractivity contribution in [2.45, 2.75) is 45.1 Å². The average molecular weight is 474 g/mol. The van der Waals surface area contributed by atoms with Gasteiger partial charge in [0.2, 0.25) is 0 Å². The van der Waals surface area contributed by atoms with Crippen molar-refractivity contribution in [2.75, 3.05) is 7.05 Å². The molecule has 0 bridgehead atoms. The minimum atomic E-state index is -0.752. The summed E-state index contributed by atoms with van der Waals surface area (Å²) in [6.07, 6.45) is 1.64. The van der Waals surface area contributed by atoms with Crippen LogP contribution < -0.4 is 10.1 Å². The SMILES string of the molecule is CNC(=O)c1cc(C)c(-c2ccc(F)c3c2CC[C@H]3Oc2ccc([C@H]3C[C@@H]3C(=O)O)cc2)c(C)c1. The quantitative estimate of drug-likeness (QED) is 0.480. The number of benzene rings is 3. The van der Waals surface area contributed by atoms with Gasteiger partial charge in [0.15, 0.2) is 0 Å². The van der Waals surface area contributed by atoms with Crippen molar-refractivity contribution < 1.29 is 23.8 Å². The van der Waals surface area contributed by atoms with Crippen LogP contribution in [0.3, 0.4) is 0 Å². The highest BCUT2D eigenvalue weighted by Crippen LogP contribution is 2.48. The molecule has 5 rings (SSSR count). The van der Waals surface area contributed by atoms with Crippen LogP contribution in [0.1, 0.15) is 63.0 Å². The highest BCUT2D eigenvalue weighted by molar-refractivity contribution is 5.95. The van der Waals surface area contributed by atoms with E-state index in [-0.39, 0.29) is 23.6 Å². The molecular formula is C29H28FNO4. The number of carboxylic acid groups (broad SMARTS) is 1. The van der Waals surface area contributed by atoms with Crippen molar-refractivity contribution in [3.8, 4) is 16.9 Å². The van der Waals surface area contributed by atoms with Crippen LogP contribution in [0.15, 0.2) is 48.5 Å². The molecule has 3 aromatic carbocycles. The molecule has 2 aliphatic rings. The van der Waals surface area contributed by atoms with E-state index in [0.717, 1.165) is 33.4 Å². The first kappa shape index (κ1) is 23.1. The number of ether oxygens (including phenoxy) is 1. The van der Waals surface area contributed by atoms with Crippen LogP contribution in [0.4, 0.5) is 4.39 Å². The molecule has 0 heterocycles. The summed E-state index contributed by atoms with van der Waals surface area (Å²) in [6, 6.07) is 14.6. The van der Waals surface area contributed by atoms with Crippen molar-refractivity contribution >= 4 is 11.9 Å². The Labute approximate surface area is 203 Å². The fourth-order valence-corrected chi connectivity index (χ4v) is 5.48. The van der Waals surface area contributed by atoms with E-state index in [1.807, 2.05) is 56.3 Å². The average Bonchev–Trinajstić information content (AvgIpc) is 3.54. The summed E-state index contributed by atoms with van der Waals surface area (Å²) in [5, 5.41) is 11.8. The maximum Gasteiger partial charge on any atom is 0.307 e. The third kappa shape index (κ3) is 4.18. The van der Waals surface area contributed by atoms with Gasteiger partial charge in [-0.1, -0.05) is 18.2 Å². The van der Waals surface area contributed by atoms with Crippen molar-refractivity contribution in [3.05, 3.63) is 87.7 Å². The first-order valence-corrected chi connectivity index (χ1v) is 11.9. The Hall–Kier alpha value is -3.67. The number of aliphatic carboxylic acids is 1. The Balaban J connectivity index is 1.42. The van der Waals surface area contributed by atoms with Gasteiger partial charge in [-0.3, -0.25) is 9.59 Å². The summed E-state index contributed by atoms with van der Waals surface area (Å²) in [5.41, 5.74) is 7.09. The molecule has 1 saturated carbocycles. The van der Waals surface area contributed by atoms with Crippen LogP contribution in [0.5, 0.6) is 5.75 Å². The molecular weight excluding hydrogens is 445 g/mol. The van der Waals surface area contributed by atoms with Crippen LogP contribution in [-0.2, 0) is 11.2 Å². The van der Waals surface area contributed by atoms with Crippen LogP contribution in [0, 0.1) is 25.6 Å². The van der Waals surface area contributed by atoms with E-state index < -0.39 is 12.1 Å². The molecule has 3 aromatic rings. The molecule has 0 unspecified atom stereocenters. The molecule has 0 radical (unpaired) electrons. The molecule has 2 N–H and O–H groups in total. The highest BCUT2D eigenvalue weighted by Gasteiger charge is 2.44. The second-order valence-corrected chi connectivity index (χ2v) is 9.55. The number of carboxylic acids is 1. The van der Waals surface area contributed by atoms with Gasteiger partial charge in [-0.25, -0.2) is 4.39 Å². The van der Waals surface area contributed by atoms with Crippen molar-refractivity contribution in [2.24, 2.45) is 5.92 Å². The lowest BCUT2D eigenvalue weighted by Gasteiger charge is -2.19. The number of carbonyl (C=O) groups excluding carboxylic acids is 1. The van der Waals surface area contributed by atoms with Crippen molar-refractivity contribution in [1.82, 2.24) is 5.32 Å². The monoisotopic (exact) mass is 473 g/mol. The van der Waals surface area contributed by atoms with E-state index in [9.17, 15) is 9.59 Å². The number of rotatable bonds is 6. The molecule has 1 amide bonds. The summed E-state index contributed by atoms with van der Waals surface area (Å²) in [7, 11) is 1.61. The summed E-state index contributed by atoms with van der Waals surface area (Å²) < 4.78 is 21.3. The number of hydrogen-bond acceptors (Lipinski definition) is 3. The summed E-state index contributed by atoms with van der Waals surface area (Å²) in [4.78, 5) is 23.3. The zero-order valence-electron chi connectivity index (χ0n) is 20.0. The molecule has 6 heteroatoms. The first-order valence-electron chi connectivity index (χ1n) is 11.9. The molecule has 3 atom stereocenters. The Kier molecular flexibility index (Phi) is 5.83. The van der Waals surface area contributed by atoms with E-state index in [1.165, 1.54) is 6.07 Å². The molecule has 0 aromatic heterocycles. The molecule has 5 nitrogen and oxygen atoms in total. The van der Waals surface area contributed by atoms with Gasteiger partial charge in [-0.05, 0) is 103 Å². The Morgan fingerprint density at radius 3 is 2.34 bits per heavy atom. The summed E-state index contributed by atoms with van der Waals surface area (Å²) >= 11 is 0. The summed E-state index contributed by atoms with van der Waals surface area (Å²) in [5.74, 6) is -0.748. The lowest BCUT2D eigenvalue weighted by molar-refractivity contribution is -0.138. The standard InChI is InChI=1S/C29H28FNO4/c1-15-12-18(28(32)31-3)13-16(2)26(15)20-8-10-24(30)27-21(20)9-11-25(27)35-19-6-4-17(5-7-19)22-14-23(22)29(33)34/h4-8,10,12-13,22-23,25H,9,11,14H2,1-3H3,(H,31,32)(H,33,34)/t22-,23+,25-/m1/s1. The van der Waals surface area contributed by atoms with Crippen LogP contribution in [-0.4, -0.2) is 24.0 Å². The predicted octanol–water partition coefficient (Wildman–Crippen LogP) is 5.72. The van der Waals surface area contributed by atoms with Crippen LogP contribution >= 0.6 is 0 Å². The lowest BCUT2D eigenvalue weighted by Crippen LogP contribution is -2.18. The molecule has 180 valence electrons. The molecule has 0 saturated heterocycles. The van der Waals surface area contributed by atoms with Crippen molar-refractivity contribution in [3.63, 3.8) is 0 Å². The van der Waals surface area contributed by atoms with Gasteiger partial charge in [0.25, 0.3) is 5.91 Å². The molecule has 0 aliphatic heterocycles. The largest absolute Gasteiger partial charge is 0.486 e. The molecule has 1 fully saturated rings. The van der Waals surface area contributed by atoms with E-state index in [0.29, 0.717) is 36.1 Å². The van der Waals surface area contributed by atoms with Crippen LogP contribution in [0.25, 0.3) is 11.1 Å². The number of amides is 1. The second-order valence-electron chi connectivity index (χ2n) is 9.55. The fraction of sp³-hybridized carbons (Fsp3) is 0.310. The number of halogens is 1. The van der Waals surface area contributed by atoms with Gasteiger partial charge in [-0.15, -0.1) is 0 Å². The van der Waals surface area contributed by atoms with Gasteiger partial charge >= 0.3 is 5.97 Å². The third-order valence-corrected chi connectivity index (χ3v) is 7.27. The Morgan fingerprint density at radius 2 is 1.74 bits per heavy atom. The van der Waals surface area contributed by atoms with Gasteiger partial charge in [0.1, 0.15) is 17.7 Å². The van der Waals surface area contributed by atoms with Crippen LogP contribution in [0.2, 0.25) is 0 Å². The van der Waals surface area contributed by atoms with Gasteiger partial charge in [0, 0.05) is 18.2 Å². The lowest BCUT2D eigenvalue weighted by atomic mass is 9.89. The van der Waals surface area contributed by atoms with Gasteiger partial charge < -0.3 is 15.2 Å². The van der Waals surface area contributed by atoms with E-state index in [4.69, 9.17) is 9.84 Å². The number of carbonyl (C=O) groups is 2. The van der Waals surface area contributed by atoms with Gasteiger partial charge in [-0.2, -0.15) is 0 Å².